The molecule has 3 aromatic rings. The average Bonchev–Trinajstić information content (AvgIpc) is 3.22. The van der Waals surface area contributed by atoms with Crippen LogP contribution in [0.3, 0.4) is 0 Å². The van der Waals surface area contributed by atoms with Crippen molar-refractivity contribution >= 4 is 34.5 Å². The number of amides is 2. The first kappa shape index (κ1) is 26.3. The van der Waals surface area contributed by atoms with Gasteiger partial charge in [0.15, 0.2) is 5.65 Å². The van der Waals surface area contributed by atoms with Crippen LogP contribution >= 0.6 is 0 Å². The zero-order valence-electron chi connectivity index (χ0n) is 23.6. The SMILES string of the molecule is C[C@@H]1CN(c2ncnc3c2c(N2CC4(COC4)C2)cn3-c2cc(C(N)=O)ccn2)[C@@H](C)CN1C(=O)OC(C)(C)C. The molecule has 0 saturated carbocycles. The lowest BCUT2D eigenvalue weighted by Gasteiger charge is -2.55. The molecular formula is C28H36N8O4. The van der Waals surface area contributed by atoms with Crippen LogP contribution in [0.25, 0.3) is 16.9 Å². The molecule has 3 aliphatic rings. The number of ether oxygens (including phenoxy) is 2. The summed E-state index contributed by atoms with van der Waals surface area (Å²) in [6.45, 7) is 14.2. The van der Waals surface area contributed by atoms with E-state index in [0.717, 1.165) is 43.2 Å². The topological polar surface area (TPSA) is 132 Å². The number of hydrogen-bond donors (Lipinski definition) is 1. The van der Waals surface area contributed by atoms with Crippen LogP contribution in [-0.4, -0.2) is 93.5 Å². The second-order valence-corrected chi connectivity index (χ2v) is 12.4. The second-order valence-electron chi connectivity index (χ2n) is 12.4. The van der Waals surface area contributed by atoms with Gasteiger partial charge in [0.1, 0.15) is 23.6 Å². The monoisotopic (exact) mass is 548 g/mol. The smallest absolute Gasteiger partial charge is 0.410 e. The Bertz CT molecular complexity index is 1470. The molecule has 0 radical (unpaired) electrons. The summed E-state index contributed by atoms with van der Waals surface area (Å²) in [7, 11) is 0. The van der Waals surface area contributed by atoms with Gasteiger partial charge in [-0.1, -0.05) is 0 Å². The fourth-order valence-corrected chi connectivity index (χ4v) is 5.87. The highest BCUT2D eigenvalue weighted by Crippen LogP contribution is 2.45. The molecule has 2 amide bonds. The second kappa shape index (κ2) is 9.33. The van der Waals surface area contributed by atoms with E-state index >= 15 is 0 Å². The third-order valence-electron chi connectivity index (χ3n) is 7.92. The zero-order valence-corrected chi connectivity index (χ0v) is 23.6. The minimum absolute atomic E-state index is 0.0166. The van der Waals surface area contributed by atoms with E-state index in [1.165, 1.54) is 0 Å². The number of primary amides is 1. The fraction of sp³-hybridized carbons (Fsp3) is 0.536. The lowest BCUT2D eigenvalue weighted by molar-refractivity contribution is -0.126. The van der Waals surface area contributed by atoms with Crippen LogP contribution in [-0.2, 0) is 9.47 Å². The number of hydrogen-bond acceptors (Lipinski definition) is 9. The number of rotatable bonds is 4. The van der Waals surface area contributed by atoms with Crippen LogP contribution in [0.15, 0.2) is 30.9 Å². The van der Waals surface area contributed by atoms with Crippen molar-refractivity contribution in [1.82, 2.24) is 24.4 Å². The predicted octanol–water partition coefficient (Wildman–Crippen LogP) is 2.59. The maximum Gasteiger partial charge on any atom is 0.410 e. The highest BCUT2D eigenvalue weighted by Gasteiger charge is 2.50. The van der Waals surface area contributed by atoms with Crippen LogP contribution < -0.4 is 15.5 Å². The Morgan fingerprint density at radius 3 is 2.50 bits per heavy atom. The lowest BCUT2D eigenvalue weighted by Crippen LogP contribution is -2.66. The Hall–Kier alpha value is -3.93. The zero-order chi connectivity index (χ0) is 28.4. The number of nitrogens with two attached hydrogens (primary N) is 1. The maximum atomic E-state index is 12.9. The van der Waals surface area contributed by atoms with Gasteiger partial charge in [0.2, 0.25) is 5.91 Å². The number of carbonyl (C=O) groups excluding carboxylic acids is 2. The van der Waals surface area contributed by atoms with Gasteiger partial charge in [0.05, 0.1) is 29.7 Å². The van der Waals surface area contributed by atoms with E-state index < -0.39 is 11.5 Å². The molecule has 212 valence electrons. The summed E-state index contributed by atoms with van der Waals surface area (Å²) in [6, 6.07) is 3.17. The van der Waals surface area contributed by atoms with E-state index in [-0.39, 0.29) is 23.6 Å². The number of carbonyl (C=O) groups is 2. The molecule has 12 nitrogen and oxygen atoms in total. The molecule has 3 saturated heterocycles. The molecule has 40 heavy (non-hydrogen) atoms. The molecule has 2 atom stereocenters. The van der Waals surface area contributed by atoms with Crippen molar-refractivity contribution in [3.05, 3.63) is 36.4 Å². The van der Waals surface area contributed by atoms with E-state index in [1.807, 2.05) is 38.5 Å². The Labute approximate surface area is 233 Å². The van der Waals surface area contributed by atoms with Gasteiger partial charge in [-0.3, -0.25) is 9.36 Å². The van der Waals surface area contributed by atoms with Crippen molar-refractivity contribution in [2.75, 3.05) is 49.2 Å². The number of nitrogens with zero attached hydrogens (tertiary/aromatic N) is 7. The third kappa shape index (κ3) is 4.49. The van der Waals surface area contributed by atoms with Gasteiger partial charge in [-0.2, -0.15) is 0 Å². The highest BCUT2D eigenvalue weighted by atomic mass is 16.6. The fourth-order valence-electron chi connectivity index (χ4n) is 5.87. The molecule has 0 aliphatic carbocycles. The molecule has 12 heteroatoms. The van der Waals surface area contributed by atoms with Gasteiger partial charge in [-0.05, 0) is 46.8 Å². The molecule has 0 aromatic carbocycles. The molecule has 3 fully saturated rings. The van der Waals surface area contributed by atoms with Crippen LogP contribution in [0.5, 0.6) is 0 Å². The van der Waals surface area contributed by atoms with E-state index in [9.17, 15) is 9.59 Å². The molecule has 6 heterocycles. The van der Waals surface area contributed by atoms with Gasteiger partial charge >= 0.3 is 6.09 Å². The molecule has 0 unspecified atom stereocenters. The average molecular weight is 549 g/mol. The van der Waals surface area contributed by atoms with Gasteiger partial charge in [0, 0.05) is 56.2 Å². The molecule has 3 aliphatic heterocycles. The summed E-state index contributed by atoms with van der Waals surface area (Å²) in [6.07, 6.45) is 4.85. The van der Waals surface area contributed by atoms with E-state index in [1.54, 1.807) is 29.6 Å². The first-order valence-corrected chi connectivity index (χ1v) is 13.7. The number of pyridine rings is 1. The first-order chi connectivity index (χ1) is 18.9. The Morgan fingerprint density at radius 2 is 1.85 bits per heavy atom. The number of fused-ring (bicyclic) bond motifs is 1. The minimum atomic E-state index is -0.562. The third-order valence-corrected chi connectivity index (χ3v) is 7.92. The Balaban J connectivity index is 1.40. The molecule has 0 bridgehead atoms. The van der Waals surface area contributed by atoms with Gasteiger partial charge in [0.25, 0.3) is 0 Å². The summed E-state index contributed by atoms with van der Waals surface area (Å²) < 4.78 is 13.1. The highest BCUT2D eigenvalue weighted by molar-refractivity contribution is 6.01. The molecule has 2 N–H and O–H groups in total. The van der Waals surface area contributed by atoms with E-state index in [4.69, 9.17) is 20.2 Å². The normalized spacial score (nSPS) is 22.3. The van der Waals surface area contributed by atoms with Crippen molar-refractivity contribution in [1.29, 1.82) is 0 Å². The number of anilines is 2. The van der Waals surface area contributed by atoms with Crippen molar-refractivity contribution in [2.24, 2.45) is 11.1 Å². The van der Waals surface area contributed by atoms with Crippen molar-refractivity contribution < 1.29 is 19.1 Å². The number of piperazine rings is 1. The van der Waals surface area contributed by atoms with Gasteiger partial charge in [-0.15, -0.1) is 0 Å². The molecule has 1 spiro atoms. The van der Waals surface area contributed by atoms with E-state index in [0.29, 0.717) is 30.1 Å². The Morgan fingerprint density at radius 1 is 1.10 bits per heavy atom. The summed E-state index contributed by atoms with van der Waals surface area (Å²) in [5.41, 5.74) is 7.27. The lowest BCUT2D eigenvalue weighted by atomic mass is 9.78. The van der Waals surface area contributed by atoms with Crippen LogP contribution in [0, 0.1) is 5.41 Å². The summed E-state index contributed by atoms with van der Waals surface area (Å²) in [5.74, 6) is 0.838. The standard InChI is InChI=1S/C28H36N8O4/c1-17-10-35(26(38)40-27(3,4)5)18(2)9-34(17)24-22-20(33-12-28(13-33)14-39-15-28)11-36(25(22)32-16-31-24)21-8-19(23(29)37)6-7-30-21/h6-8,11,16-18H,9-10,12-15H2,1-5H3,(H2,29,37)/t17-,18+/m0/s1. The van der Waals surface area contributed by atoms with Crippen LogP contribution in [0.2, 0.25) is 0 Å². The summed E-state index contributed by atoms with van der Waals surface area (Å²) in [4.78, 5) is 45.2. The maximum absolute atomic E-state index is 12.9. The van der Waals surface area contributed by atoms with Crippen molar-refractivity contribution in [3.63, 3.8) is 0 Å². The van der Waals surface area contributed by atoms with Crippen molar-refractivity contribution in [3.8, 4) is 5.82 Å². The van der Waals surface area contributed by atoms with Crippen molar-refractivity contribution in [2.45, 2.75) is 52.3 Å². The summed E-state index contributed by atoms with van der Waals surface area (Å²) in [5, 5.41) is 0.911. The van der Waals surface area contributed by atoms with E-state index in [2.05, 4.69) is 26.7 Å². The largest absolute Gasteiger partial charge is 0.444 e. The van der Waals surface area contributed by atoms with Gasteiger partial charge < -0.3 is 29.9 Å². The molecular weight excluding hydrogens is 512 g/mol. The summed E-state index contributed by atoms with van der Waals surface area (Å²) >= 11 is 0. The minimum Gasteiger partial charge on any atom is -0.444 e. The number of aromatic nitrogens is 4. The quantitative estimate of drug-likeness (QED) is 0.522. The Kier molecular flexibility index (Phi) is 6.13. The van der Waals surface area contributed by atoms with Crippen LogP contribution in [0.1, 0.15) is 45.0 Å². The molecule has 6 rings (SSSR count). The van der Waals surface area contributed by atoms with Crippen LogP contribution in [0.4, 0.5) is 16.3 Å². The first-order valence-electron chi connectivity index (χ1n) is 13.7. The predicted molar refractivity (Wildman–Crippen MR) is 150 cm³/mol. The van der Waals surface area contributed by atoms with Gasteiger partial charge in [-0.25, -0.2) is 19.7 Å². The molecule has 3 aromatic heterocycles.